The molecular formula is C14H19NO3. The minimum atomic E-state index is -0.355. The molecule has 4 nitrogen and oxygen atoms in total. The lowest BCUT2D eigenvalue weighted by Gasteiger charge is -2.12. The summed E-state index contributed by atoms with van der Waals surface area (Å²) in [5, 5.41) is 0. The summed E-state index contributed by atoms with van der Waals surface area (Å²) in [6.07, 6.45) is 3.48. The van der Waals surface area contributed by atoms with Gasteiger partial charge in [-0.2, -0.15) is 0 Å². The van der Waals surface area contributed by atoms with E-state index in [0.29, 0.717) is 30.2 Å². The molecule has 98 valence electrons. The number of hydrogen-bond donors (Lipinski definition) is 1. The van der Waals surface area contributed by atoms with Crippen LogP contribution >= 0.6 is 0 Å². The molecule has 0 amide bonds. The number of rotatable bonds is 6. The van der Waals surface area contributed by atoms with E-state index in [9.17, 15) is 4.79 Å². The zero-order valence-electron chi connectivity index (χ0n) is 10.6. The highest BCUT2D eigenvalue weighted by atomic mass is 16.5. The number of anilines is 1. The topological polar surface area (TPSA) is 61.5 Å². The Labute approximate surface area is 107 Å². The maximum absolute atomic E-state index is 11.9. The number of ether oxygens (including phenoxy) is 2. The Bertz CT molecular complexity index is 427. The van der Waals surface area contributed by atoms with Crippen molar-refractivity contribution in [2.75, 3.05) is 18.9 Å². The van der Waals surface area contributed by atoms with E-state index in [1.54, 1.807) is 18.2 Å². The van der Waals surface area contributed by atoms with Crippen molar-refractivity contribution in [1.29, 1.82) is 0 Å². The lowest BCUT2D eigenvalue weighted by Crippen LogP contribution is -2.10. The zero-order chi connectivity index (χ0) is 13.0. The number of esters is 1. The Balaban J connectivity index is 2.00. The number of nitrogens with two attached hydrogens (primary N) is 1. The van der Waals surface area contributed by atoms with Gasteiger partial charge in [-0.15, -0.1) is 0 Å². The number of carbonyl (C=O) groups excluding carboxylic acids is 1. The smallest absolute Gasteiger partial charge is 0.342 e. The first-order valence-corrected chi connectivity index (χ1v) is 6.40. The van der Waals surface area contributed by atoms with Crippen LogP contribution < -0.4 is 10.5 Å². The van der Waals surface area contributed by atoms with Crippen LogP contribution in [0.3, 0.4) is 0 Å². The van der Waals surface area contributed by atoms with Gasteiger partial charge in [0.05, 0.1) is 18.9 Å². The van der Waals surface area contributed by atoms with E-state index in [4.69, 9.17) is 15.2 Å². The second kappa shape index (κ2) is 5.76. The summed E-state index contributed by atoms with van der Waals surface area (Å²) in [6.45, 7) is 2.80. The van der Waals surface area contributed by atoms with Crippen LogP contribution in [0, 0.1) is 5.92 Å². The van der Waals surface area contributed by atoms with Gasteiger partial charge in [0, 0.05) is 0 Å². The van der Waals surface area contributed by atoms with Crippen molar-refractivity contribution >= 4 is 11.7 Å². The summed E-state index contributed by atoms with van der Waals surface area (Å²) in [5.74, 6) is 0.827. The minimum absolute atomic E-state index is 0.355. The third-order valence-corrected chi connectivity index (χ3v) is 3.01. The largest absolute Gasteiger partial charge is 0.491 e. The number of carbonyl (C=O) groups is 1. The van der Waals surface area contributed by atoms with E-state index in [-0.39, 0.29) is 5.97 Å². The van der Waals surface area contributed by atoms with Gasteiger partial charge in [0.1, 0.15) is 5.56 Å². The van der Waals surface area contributed by atoms with Crippen molar-refractivity contribution in [1.82, 2.24) is 0 Å². The summed E-state index contributed by atoms with van der Waals surface area (Å²) in [5.41, 5.74) is 6.68. The fourth-order valence-electron chi connectivity index (χ4n) is 1.82. The predicted molar refractivity (Wildman–Crippen MR) is 69.6 cm³/mol. The Kier molecular flexibility index (Phi) is 4.07. The van der Waals surface area contributed by atoms with Gasteiger partial charge in [-0.1, -0.05) is 18.9 Å². The van der Waals surface area contributed by atoms with Crippen molar-refractivity contribution in [2.45, 2.75) is 26.2 Å². The summed E-state index contributed by atoms with van der Waals surface area (Å²) >= 11 is 0. The lowest BCUT2D eigenvalue weighted by atomic mass is 10.1. The van der Waals surface area contributed by atoms with Crippen LogP contribution in [0.15, 0.2) is 18.2 Å². The van der Waals surface area contributed by atoms with Crippen LogP contribution in [0.1, 0.15) is 36.5 Å². The van der Waals surface area contributed by atoms with E-state index >= 15 is 0 Å². The molecule has 0 bridgehead atoms. The van der Waals surface area contributed by atoms with Crippen LogP contribution in [0.5, 0.6) is 5.75 Å². The highest BCUT2D eigenvalue weighted by molar-refractivity contribution is 5.94. The normalized spacial score (nSPS) is 14.3. The summed E-state index contributed by atoms with van der Waals surface area (Å²) in [6, 6.07) is 5.13. The van der Waals surface area contributed by atoms with Crippen LogP contribution in [0.25, 0.3) is 0 Å². The Morgan fingerprint density at radius 2 is 2.22 bits per heavy atom. The quantitative estimate of drug-likeness (QED) is 0.622. The van der Waals surface area contributed by atoms with E-state index in [1.165, 1.54) is 12.8 Å². The molecule has 2 rings (SSSR count). The number of benzene rings is 1. The highest BCUT2D eigenvalue weighted by Gasteiger charge is 2.22. The molecule has 1 aliphatic rings. The fourth-order valence-corrected chi connectivity index (χ4v) is 1.82. The molecule has 0 aliphatic heterocycles. The third-order valence-electron chi connectivity index (χ3n) is 3.01. The molecule has 1 aromatic rings. The standard InChI is InChI=1S/C14H19NO3/c1-2-17-13-11(4-3-5-12(13)15)14(16)18-9-8-10-6-7-10/h3-5,10H,2,6-9,15H2,1H3. The molecule has 0 atom stereocenters. The van der Waals surface area contributed by atoms with Gasteiger partial charge in [-0.3, -0.25) is 0 Å². The SMILES string of the molecule is CCOc1c(N)cccc1C(=O)OCCC1CC1. The van der Waals surface area contributed by atoms with Crippen molar-refractivity contribution in [3.05, 3.63) is 23.8 Å². The fraction of sp³-hybridized carbons (Fsp3) is 0.500. The van der Waals surface area contributed by atoms with E-state index < -0.39 is 0 Å². The van der Waals surface area contributed by atoms with Gasteiger partial charge in [-0.05, 0) is 31.4 Å². The monoisotopic (exact) mass is 249 g/mol. The highest BCUT2D eigenvalue weighted by Crippen LogP contribution is 2.32. The van der Waals surface area contributed by atoms with E-state index in [0.717, 1.165) is 12.3 Å². The summed E-state index contributed by atoms with van der Waals surface area (Å²) in [7, 11) is 0. The molecule has 1 fully saturated rings. The molecule has 0 spiro atoms. The molecule has 4 heteroatoms. The maximum atomic E-state index is 11.9. The van der Waals surface area contributed by atoms with Gasteiger partial charge in [0.25, 0.3) is 0 Å². The first-order valence-electron chi connectivity index (χ1n) is 6.40. The van der Waals surface area contributed by atoms with Crippen molar-refractivity contribution in [3.63, 3.8) is 0 Å². The Morgan fingerprint density at radius 3 is 2.89 bits per heavy atom. The van der Waals surface area contributed by atoms with E-state index in [1.807, 2.05) is 6.92 Å². The van der Waals surface area contributed by atoms with Crippen LogP contribution in [-0.4, -0.2) is 19.2 Å². The molecule has 1 saturated carbocycles. The second-order valence-corrected chi connectivity index (χ2v) is 4.52. The second-order valence-electron chi connectivity index (χ2n) is 4.52. The number of para-hydroxylation sites is 1. The predicted octanol–water partition coefficient (Wildman–Crippen LogP) is 2.62. The molecule has 0 saturated heterocycles. The van der Waals surface area contributed by atoms with Crippen LogP contribution in [0.2, 0.25) is 0 Å². The molecule has 0 unspecified atom stereocenters. The van der Waals surface area contributed by atoms with Crippen molar-refractivity contribution in [3.8, 4) is 5.75 Å². The number of nitrogen functional groups attached to an aromatic ring is 1. The van der Waals surface area contributed by atoms with Crippen molar-refractivity contribution < 1.29 is 14.3 Å². The van der Waals surface area contributed by atoms with Gasteiger partial charge in [0.15, 0.2) is 5.75 Å². The van der Waals surface area contributed by atoms with E-state index in [2.05, 4.69) is 0 Å². The first kappa shape index (κ1) is 12.7. The summed E-state index contributed by atoms with van der Waals surface area (Å²) < 4.78 is 10.6. The maximum Gasteiger partial charge on any atom is 0.342 e. The molecule has 0 aromatic heterocycles. The van der Waals surface area contributed by atoms with Gasteiger partial charge >= 0.3 is 5.97 Å². The Hall–Kier alpha value is -1.71. The molecule has 2 N–H and O–H groups in total. The zero-order valence-corrected chi connectivity index (χ0v) is 10.6. The minimum Gasteiger partial charge on any atom is -0.491 e. The molecule has 1 aliphatic carbocycles. The molecule has 1 aromatic carbocycles. The molecule has 18 heavy (non-hydrogen) atoms. The molecule has 0 heterocycles. The van der Waals surface area contributed by atoms with Crippen LogP contribution in [-0.2, 0) is 4.74 Å². The van der Waals surface area contributed by atoms with Gasteiger partial charge < -0.3 is 15.2 Å². The van der Waals surface area contributed by atoms with Gasteiger partial charge in [-0.25, -0.2) is 4.79 Å². The average molecular weight is 249 g/mol. The van der Waals surface area contributed by atoms with Crippen molar-refractivity contribution in [2.24, 2.45) is 5.92 Å². The molecule has 0 radical (unpaired) electrons. The first-order chi connectivity index (χ1) is 8.72. The van der Waals surface area contributed by atoms with Gasteiger partial charge in [0.2, 0.25) is 0 Å². The number of hydrogen-bond acceptors (Lipinski definition) is 4. The lowest BCUT2D eigenvalue weighted by molar-refractivity contribution is 0.0490. The summed E-state index contributed by atoms with van der Waals surface area (Å²) in [4.78, 5) is 11.9. The molecular weight excluding hydrogens is 230 g/mol. The Morgan fingerprint density at radius 1 is 1.44 bits per heavy atom. The average Bonchev–Trinajstić information content (AvgIpc) is 3.16. The third kappa shape index (κ3) is 3.15. The van der Waals surface area contributed by atoms with Crippen LogP contribution in [0.4, 0.5) is 5.69 Å².